The number of hydrogen-bond acceptors (Lipinski definition) is 4. The first-order chi connectivity index (χ1) is 9.91. The normalized spacial score (nSPS) is 18.3. The van der Waals surface area contributed by atoms with Gasteiger partial charge in [-0.05, 0) is 38.3 Å². The van der Waals surface area contributed by atoms with E-state index in [2.05, 4.69) is 4.98 Å². The number of aromatic nitrogens is 1. The number of nitrogens with zero attached hydrogens (tertiary/aromatic N) is 2. The van der Waals surface area contributed by atoms with Gasteiger partial charge in [0.15, 0.2) is 0 Å². The molecule has 0 spiro atoms. The summed E-state index contributed by atoms with van der Waals surface area (Å²) in [6, 6.07) is 2.10. The van der Waals surface area contributed by atoms with Crippen molar-refractivity contribution >= 4 is 17.8 Å². The van der Waals surface area contributed by atoms with Crippen LogP contribution in [-0.4, -0.2) is 45.4 Å². The molecule has 1 saturated heterocycles. The summed E-state index contributed by atoms with van der Waals surface area (Å²) in [4.78, 5) is 40.3. The lowest BCUT2D eigenvalue weighted by Crippen LogP contribution is -2.50. The quantitative estimate of drug-likeness (QED) is 0.845. The van der Waals surface area contributed by atoms with Crippen LogP contribution in [0.2, 0.25) is 0 Å². The van der Waals surface area contributed by atoms with Crippen LogP contribution in [-0.2, 0) is 4.79 Å². The van der Waals surface area contributed by atoms with E-state index in [1.165, 1.54) is 24.0 Å². The summed E-state index contributed by atoms with van der Waals surface area (Å²) < 4.78 is 0. The van der Waals surface area contributed by atoms with Crippen molar-refractivity contribution in [2.24, 2.45) is 5.73 Å². The summed E-state index contributed by atoms with van der Waals surface area (Å²) in [5.41, 5.74) is 5.78. The van der Waals surface area contributed by atoms with Crippen LogP contribution in [0.4, 0.5) is 0 Å². The second-order valence-corrected chi connectivity index (χ2v) is 5.05. The number of aryl methyl sites for hydroxylation is 1. The monoisotopic (exact) mass is 291 g/mol. The highest BCUT2D eigenvalue weighted by Crippen LogP contribution is 2.19. The number of aromatic carboxylic acids is 1. The summed E-state index contributed by atoms with van der Waals surface area (Å²) in [5.74, 6) is -2.01. The van der Waals surface area contributed by atoms with Crippen LogP contribution in [0.1, 0.15) is 45.8 Å². The molecular weight excluding hydrogens is 274 g/mol. The number of carbonyl (C=O) groups is 3. The number of nitrogens with two attached hydrogens (primary N) is 1. The molecule has 0 aliphatic carbocycles. The Hall–Kier alpha value is -2.44. The molecule has 1 unspecified atom stereocenters. The zero-order chi connectivity index (χ0) is 15.6. The van der Waals surface area contributed by atoms with E-state index in [0.717, 1.165) is 12.8 Å². The van der Waals surface area contributed by atoms with E-state index in [9.17, 15) is 14.4 Å². The summed E-state index contributed by atoms with van der Waals surface area (Å²) in [6.07, 6.45) is 2.21. The Bertz CT molecular complexity index is 600. The van der Waals surface area contributed by atoms with Crippen LogP contribution >= 0.6 is 0 Å². The van der Waals surface area contributed by atoms with Gasteiger partial charge in [0.1, 0.15) is 11.7 Å². The van der Waals surface area contributed by atoms with Crippen LogP contribution in [0.5, 0.6) is 0 Å². The van der Waals surface area contributed by atoms with Gasteiger partial charge in [0.05, 0.1) is 11.3 Å². The average molecular weight is 291 g/mol. The highest BCUT2D eigenvalue weighted by atomic mass is 16.4. The molecule has 1 aromatic heterocycles. The molecule has 1 aliphatic rings. The SMILES string of the molecule is Cc1nc(C(=O)N2CCCCC2C(N)=O)ccc1C(=O)O. The molecule has 1 fully saturated rings. The van der Waals surface area contributed by atoms with Crippen molar-refractivity contribution in [1.29, 1.82) is 0 Å². The number of rotatable bonds is 3. The highest BCUT2D eigenvalue weighted by Gasteiger charge is 2.32. The van der Waals surface area contributed by atoms with Gasteiger partial charge in [0, 0.05) is 6.54 Å². The van der Waals surface area contributed by atoms with Crippen molar-refractivity contribution in [3.05, 3.63) is 29.1 Å². The summed E-state index contributed by atoms with van der Waals surface area (Å²) >= 11 is 0. The van der Waals surface area contributed by atoms with E-state index in [0.29, 0.717) is 13.0 Å². The smallest absolute Gasteiger partial charge is 0.337 e. The third-order valence-corrected chi connectivity index (χ3v) is 3.63. The molecule has 112 valence electrons. The first kappa shape index (κ1) is 15.0. The molecule has 0 aromatic carbocycles. The van der Waals surface area contributed by atoms with Crippen LogP contribution in [0, 0.1) is 6.92 Å². The van der Waals surface area contributed by atoms with Crippen molar-refractivity contribution in [3.8, 4) is 0 Å². The Balaban J connectivity index is 2.28. The van der Waals surface area contributed by atoms with Crippen LogP contribution in [0.3, 0.4) is 0 Å². The van der Waals surface area contributed by atoms with Gasteiger partial charge >= 0.3 is 5.97 Å². The van der Waals surface area contributed by atoms with Gasteiger partial charge < -0.3 is 15.7 Å². The zero-order valence-corrected chi connectivity index (χ0v) is 11.7. The lowest BCUT2D eigenvalue weighted by atomic mass is 10.0. The first-order valence-corrected chi connectivity index (χ1v) is 6.73. The molecule has 0 saturated carbocycles. The minimum atomic E-state index is -1.09. The maximum atomic E-state index is 12.5. The molecule has 21 heavy (non-hydrogen) atoms. The lowest BCUT2D eigenvalue weighted by molar-refractivity contribution is -0.123. The molecule has 1 atom stereocenters. The van der Waals surface area contributed by atoms with Crippen molar-refractivity contribution in [3.63, 3.8) is 0 Å². The largest absolute Gasteiger partial charge is 0.478 e. The molecule has 0 bridgehead atoms. The predicted molar refractivity (Wildman–Crippen MR) is 73.8 cm³/mol. The topological polar surface area (TPSA) is 114 Å². The minimum Gasteiger partial charge on any atom is -0.478 e. The second kappa shape index (κ2) is 5.90. The lowest BCUT2D eigenvalue weighted by Gasteiger charge is -2.33. The third-order valence-electron chi connectivity index (χ3n) is 3.63. The van der Waals surface area contributed by atoms with E-state index >= 15 is 0 Å². The Kier molecular flexibility index (Phi) is 4.21. The van der Waals surface area contributed by atoms with Gasteiger partial charge in [-0.2, -0.15) is 0 Å². The third kappa shape index (κ3) is 3.01. The number of primary amides is 1. The zero-order valence-electron chi connectivity index (χ0n) is 11.7. The van der Waals surface area contributed by atoms with E-state index < -0.39 is 23.8 Å². The van der Waals surface area contributed by atoms with E-state index in [1.807, 2.05) is 0 Å². The maximum absolute atomic E-state index is 12.5. The van der Waals surface area contributed by atoms with Gasteiger partial charge in [0.2, 0.25) is 5.91 Å². The molecule has 2 amide bonds. The molecule has 3 N–H and O–H groups in total. The Labute approximate surface area is 121 Å². The molecule has 1 aromatic rings. The Morgan fingerprint density at radius 1 is 1.33 bits per heavy atom. The fourth-order valence-corrected chi connectivity index (χ4v) is 2.52. The number of likely N-dealkylation sites (tertiary alicyclic amines) is 1. The second-order valence-electron chi connectivity index (χ2n) is 5.05. The van der Waals surface area contributed by atoms with Crippen LogP contribution in [0.15, 0.2) is 12.1 Å². The number of piperidine rings is 1. The first-order valence-electron chi connectivity index (χ1n) is 6.73. The predicted octanol–water partition coefficient (Wildman–Crippen LogP) is 0.568. The fourth-order valence-electron chi connectivity index (χ4n) is 2.52. The van der Waals surface area contributed by atoms with Crippen molar-refractivity contribution in [2.45, 2.75) is 32.2 Å². The molecule has 1 aliphatic heterocycles. The van der Waals surface area contributed by atoms with Crippen LogP contribution in [0.25, 0.3) is 0 Å². The van der Waals surface area contributed by atoms with Crippen LogP contribution < -0.4 is 5.73 Å². The van der Waals surface area contributed by atoms with Crippen molar-refractivity contribution < 1.29 is 19.5 Å². The van der Waals surface area contributed by atoms with Crippen molar-refractivity contribution in [2.75, 3.05) is 6.54 Å². The Morgan fingerprint density at radius 2 is 2.05 bits per heavy atom. The number of carboxylic acid groups (broad SMARTS) is 1. The van der Waals surface area contributed by atoms with E-state index in [-0.39, 0.29) is 17.0 Å². The molecule has 2 rings (SSSR count). The summed E-state index contributed by atoms with van der Waals surface area (Å²) in [7, 11) is 0. The highest BCUT2D eigenvalue weighted by molar-refractivity contribution is 5.97. The van der Waals surface area contributed by atoms with Gasteiger partial charge in [-0.3, -0.25) is 9.59 Å². The fraction of sp³-hybridized carbons (Fsp3) is 0.429. The molecular formula is C14H17N3O4. The number of carboxylic acids is 1. The van der Waals surface area contributed by atoms with E-state index in [4.69, 9.17) is 10.8 Å². The summed E-state index contributed by atoms with van der Waals surface area (Å²) in [6.45, 7) is 1.98. The van der Waals surface area contributed by atoms with E-state index in [1.54, 1.807) is 0 Å². The number of carbonyl (C=O) groups excluding carboxylic acids is 2. The molecule has 7 heteroatoms. The van der Waals surface area contributed by atoms with Gasteiger partial charge in [0.25, 0.3) is 5.91 Å². The summed E-state index contributed by atoms with van der Waals surface area (Å²) in [5, 5.41) is 8.96. The molecule has 2 heterocycles. The minimum absolute atomic E-state index is 0.0524. The molecule has 0 radical (unpaired) electrons. The number of pyridine rings is 1. The van der Waals surface area contributed by atoms with Gasteiger partial charge in [-0.25, -0.2) is 9.78 Å². The Morgan fingerprint density at radius 3 is 2.62 bits per heavy atom. The molecule has 7 nitrogen and oxygen atoms in total. The average Bonchev–Trinajstić information content (AvgIpc) is 2.45. The van der Waals surface area contributed by atoms with Gasteiger partial charge in [-0.1, -0.05) is 0 Å². The number of amides is 2. The number of hydrogen-bond donors (Lipinski definition) is 2. The van der Waals surface area contributed by atoms with Gasteiger partial charge in [-0.15, -0.1) is 0 Å². The maximum Gasteiger partial charge on any atom is 0.337 e. The van der Waals surface area contributed by atoms with Crippen molar-refractivity contribution in [1.82, 2.24) is 9.88 Å². The standard InChI is InChI=1S/C14H17N3O4/c1-8-9(14(20)21)5-6-10(16-8)13(19)17-7-3-2-4-11(17)12(15)18/h5-6,11H,2-4,7H2,1H3,(H2,15,18)(H,20,21).